The van der Waals surface area contributed by atoms with Crippen LogP contribution in [-0.4, -0.2) is 60.6 Å². The molecule has 1 aromatic heterocycles. The van der Waals surface area contributed by atoms with E-state index in [1.54, 1.807) is 22.4 Å². The lowest BCUT2D eigenvalue weighted by atomic mass is 10.2. The van der Waals surface area contributed by atoms with Gasteiger partial charge in [0.25, 0.3) is 5.91 Å². The van der Waals surface area contributed by atoms with Crippen molar-refractivity contribution in [3.05, 3.63) is 52.7 Å². The minimum Gasteiger partial charge on any atom is -0.394 e. The Labute approximate surface area is 150 Å². The Bertz CT molecular complexity index is 698. The lowest BCUT2D eigenvalue weighted by molar-refractivity contribution is -0.134. The van der Waals surface area contributed by atoms with Crippen LogP contribution < -0.4 is 10.2 Å². The standard InChI is InChI=1S/C18H21N3O3S/c22-13-15(19-17(23)16-7-4-12-25-16)18(24)21-10-8-20(9-11-21)14-5-2-1-3-6-14/h1-7,12,15,22H,8-11,13H2,(H,19,23). The van der Waals surface area contributed by atoms with Crippen LogP contribution in [0.15, 0.2) is 47.8 Å². The van der Waals surface area contributed by atoms with Gasteiger partial charge in [0.15, 0.2) is 0 Å². The average Bonchev–Trinajstić information content (AvgIpc) is 3.21. The second kappa shape index (κ2) is 8.13. The Balaban J connectivity index is 1.56. The number of benzene rings is 1. The maximum atomic E-state index is 12.6. The quantitative estimate of drug-likeness (QED) is 0.841. The summed E-state index contributed by atoms with van der Waals surface area (Å²) in [6.07, 6.45) is 0. The molecule has 1 atom stereocenters. The summed E-state index contributed by atoms with van der Waals surface area (Å²) in [7, 11) is 0. The van der Waals surface area contributed by atoms with Crippen LogP contribution in [-0.2, 0) is 4.79 Å². The van der Waals surface area contributed by atoms with Gasteiger partial charge >= 0.3 is 0 Å². The van der Waals surface area contributed by atoms with Crippen LogP contribution in [0.5, 0.6) is 0 Å². The molecule has 0 bridgehead atoms. The molecule has 3 rings (SSSR count). The number of rotatable bonds is 5. The molecule has 0 saturated carbocycles. The number of para-hydroxylation sites is 1. The van der Waals surface area contributed by atoms with Crippen molar-refractivity contribution in [2.75, 3.05) is 37.7 Å². The first-order chi connectivity index (χ1) is 12.2. The fraction of sp³-hybridized carbons (Fsp3) is 0.333. The molecule has 0 radical (unpaired) electrons. The van der Waals surface area contributed by atoms with E-state index in [4.69, 9.17) is 0 Å². The van der Waals surface area contributed by atoms with Crippen molar-refractivity contribution in [3.8, 4) is 0 Å². The Morgan fingerprint density at radius 2 is 1.80 bits per heavy atom. The third-order valence-corrected chi connectivity index (χ3v) is 5.11. The highest BCUT2D eigenvalue weighted by Crippen LogP contribution is 2.16. The molecule has 6 nitrogen and oxygen atoms in total. The zero-order valence-electron chi connectivity index (χ0n) is 13.8. The Morgan fingerprint density at radius 1 is 1.08 bits per heavy atom. The molecule has 2 aromatic rings. The van der Waals surface area contributed by atoms with Crippen molar-refractivity contribution in [3.63, 3.8) is 0 Å². The lowest BCUT2D eigenvalue weighted by Gasteiger charge is -2.37. The van der Waals surface area contributed by atoms with E-state index in [0.29, 0.717) is 18.0 Å². The molecule has 2 amide bonds. The van der Waals surface area contributed by atoms with Gasteiger partial charge in [0.05, 0.1) is 11.5 Å². The number of piperazine rings is 1. The summed E-state index contributed by atoms with van der Waals surface area (Å²) in [6.45, 7) is 2.19. The number of hydrogen-bond donors (Lipinski definition) is 2. The van der Waals surface area contributed by atoms with Crippen LogP contribution in [0.4, 0.5) is 5.69 Å². The normalized spacial score (nSPS) is 15.7. The number of carbonyl (C=O) groups is 2. The van der Waals surface area contributed by atoms with E-state index in [0.717, 1.165) is 18.8 Å². The van der Waals surface area contributed by atoms with Crippen molar-refractivity contribution < 1.29 is 14.7 Å². The SMILES string of the molecule is O=C(NC(CO)C(=O)N1CCN(c2ccccc2)CC1)c1cccs1. The molecule has 1 aliphatic rings. The molecule has 132 valence electrons. The predicted octanol–water partition coefficient (Wildman–Crippen LogP) is 1.19. The van der Waals surface area contributed by atoms with Gasteiger partial charge in [-0.1, -0.05) is 24.3 Å². The Morgan fingerprint density at radius 3 is 2.40 bits per heavy atom. The molecule has 1 fully saturated rings. The van der Waals surface area contributed by atoms with Gasteiger partial charge in [0.2, 0.25) is 5.91 Å². The fourth-order valence-electron chi connectivity index (χ4n) is 2.87. The zero-order valence-corrected chi connectivity index (χ0v) is 14.6. The second-order valence-corrected chi connectivity index (χ2v) is 6.78. The highest BCUT2D eigenvalue weighted by Gasteiger charge is 2.28. The molecule has 1 aliphatic heterocycles. The van der Waals surface area contributed by atoms with Crippen molar-refractivity contribution >= 4 is 28.8 Å². The molecule has 7 heteroatoms. The summed E-state index contributed by atoms with van der Waals surface area (Å²) in [4.78, 5) is 29.2. The molecule has 1 aromatic carbocycles. The van der Waals surface area contributed by atoms with Crippen molar-refractivity contribution in [1.29, 1.82) is 0 Å². The van der Waals surface area contributed by atoms with E-state index in [2.05, 4.69) is 22.3 Å². The minimum atomic E-state index is -0.905. The fourth-order valence-corrected chi connectivity index (χ4v) is 3.49. The van der Waals surface area contributed by atoms with E-state index in [1.807, 2.05) is 18.2 Å². The lowest BCUT2D eigenvalue weighted by Crippen LogP contribution is -2.56. The largest absolute Gasteiger partial charge is 0.394 e. The van der Waals surface area contributed by atoms with Crippen LogP contribution in [0.3, 0.4) is 0 Å². The van der Waals surface area contributed by atoms with Gasteiger partial charge in [-0.2, -0.15) is 0 Å². The van der Waals surface area contributed by atoms with E-state index in [1.165, 1.54) is 11.3 Å². The first-order valence-electron chi connectivity index (χ1n) is 8.23. The number of hydrogen-bond acceptors (Lipinski definition) is 5. The summed E-state index contributed by atoms with van der Waals surface area (Å²) >= 11 is 1.30. The van der Waals surface area contributed by atoms with E-state index >= 15 is 0 Å². The summed E-state index contributed by atoms with van der Waals surface area (Å²) < 4.78 is 0. The van der Waals surface area contributed by atoms with E-state index < -0.39 is 12.6 Å². The number of aliphatic hydroxyl groups excluding tert-OH is 1. The Hall–Kier alpha value is -2.38. The van der Waals surface area contributed by atoms with Crippen LogP contribution in [0.2, 0.25) is 0 Å². The number of nitrogens with one attached hydrogen (secondary N) is 1. The highest BCUT2D eigenvalue weighted by atomic mass is 32.1. The molecule has 2 heterocycles. The Kier molecular flexibility index (Phi) is 5.67. The summed E-state index contributed by atoms with van der Waals surface area (Å²) in [5.41, 5.74) is 1.14. The molecule has 0 spiro atoms. The highest BCUT2D eigenvalue weighted by molar-refractivity contribution is 7.12. The maximum Gasteiger partial charge on any atom is 0.262 e. The number of amides is 2. The molecule has 25 heavy (non-hydrogen) atoms. The number of carbonyl (C=O) groups excluding carboxylic acids is 2. The van der Waals surface area contributed by atoms with Gasteiger partial charge in [-0.15, -0.1) is 11.3 Å². The van der Waals surface area contributed by atoms with E-state index in [-0.39, 0.29) is 11.8 Å². The smallest absolute Gasteiger partial charge is 0.262 e. The molecule has 0 aliphatic carbocycles. The van der Waals surface area contributed by atoms with Gasteiger partial charge in [-0.25, -0.2) is 0 Å². The first-order valence-corrected chi connectivity index (χ1v) is 9.11. The second-order valence-electron chi connectivity index (χ2n) is 5.83. The van der Waals surface area contributed by atoms with Crippen LogP contribution >= 0.6 is 11.3 Å². The first kappa shape index (κ1) is 17.4. The van der Waals surface area contributed by atoms with Gasteiger partial charge in [0.1, 0.15) is 6.04 Å². The molecule has 2 N–H and O–H groups in total. The summed E-state index contributed by atoms with van der Waals surface area (Å²) in [5, 5.41) is 14.0. The maximum absolute atomic E-state index is 12.6. The van der Waals surface area contributed by atoms with Gasteiger partial charge in [-0.3, -0.25) is 9.59 Å². The number of aliphatic hydroxyl groups is 1. The molecular weight excluding hydrogens is 338 g/mol. The van der Waals surface area contributed by atoms with Gasteiger partial charge < -0.3 is 20.2 Å². The third kappa shape index (κ3) is 4.18. The molecule has 1 unspecified atom stereocenters. The van der Waals surface area contributed by atoms with Crippen LogP contribution in [0.25, 0.3) is 0 Å². The summed E-state index contributed by atoms with van der Waals surface area (Å²) in [6, 6.07) is 12.6. The average molecular weight is 359 g/mol. The van der Waals surface area contributed by atoms with Gasteiger partial charge in [0, 0.05) is 31.9 Å². The zero-order chi connectivity index (χ0) is 17.6. The molecule has 1 saturated heterocycles. The van der Waals surface area contributed by atoms with Gasteiger partial charge in [-0.05, 0) is 23.6 Å². The van der Waals surface area contributed by atoms with Crippen LogP contribution in [0, 0.1) is 0 Å². The number of anilines is 1. The third-order valence-electron chi connectivity index (χ3n) is 4.24. The van der Waals surface area contributed by atoms with Crippen molar-refractivity contribution in [2.45, 2.75) is 6.04 Å². The number of nitrogens with zero attached hydrogens (tertiary/aromatic N) is 2. The predicted molar refractivity (Wildman–Crippen MR) is 97.9 cm³/mol. The van der Waals surface area contributed by atoms with Crippen molar-refractivity contribution in [1.82, 2.24) is 10.2 Å². The minimum absolute atomic E-state index is 0.236. The number of thiophene rings is 1. The summed E-state index contributed by atoms with van der Waals surface area (Å²) in [5.74, 6) is -0.564. The molecular formula is C18H21N3O3S. The topological polar surface area (TPSA) is 72.9 Å². The monoisotopic (exact) mass is 359 g/mol. The van der Waals surface area contributed by atoms with Crippen molar-refractivity contribution in [2.24, 2.45) is 0 Å². The van der Waals surface area contributed by atoms with Crippen LogP contribution in [0.1, 0.15) is 9.67 Å². The van der Waals surface area contributed by atoms with E-state index in [9.17, 15) is 14.7 Å².